The summed E-state index contributed by atoms with van der Waals surface area (Å²) in [6, 6.07) is 8.79. The predicted octanol–water partition coefficient (Wildman–Crippen LogP) is 2.19. The van der Waals surface area contributed by atoms with E-state index in [4.69, 9.17) is 4.74 Å². The van der Waals surface area contributed by atoms with Crippen LogP contribution < -0.4 is 9.64 Å². The average molecular weight is 443 g/mol. The Kier molecular flexibility index (Phi) is 5.92. The number of piperazine rings is 1. The first kappa shape index (κ1) is 21.3. The van der Waals surface area contributed by atoms with Crippen molar-refractivity contribution in [2.45, 2.75) is 25.7 Å². The predicted molar refractivity (Wildman–Crippen MR) is 117 cm³/mol. The van der Waals surface area contributed by atoms with E-state index in [9.17, 15) is 8.42 Å². The van der Waals surface area contributed by atoms with E-state index < -0.39 is 10.0 Å². The van der Waals surface area contributed by atoms with Gasteiger partial charge in [-0.2, -0.15) is 9.40 Å². The molecular weight excluding hydrogens is 416 g/mol. The largest absolute Gasteiger partial charge is 0.494 e. The highest BCUT2D eigenvalue weighted by molar-refractivity contribution is 7.89. The number of hydrogen-bond acceptors (Lipinski definition) is 7. The molecule has 0 unspecified atom stereocenters. The van der Waals surface area contributed by atoms with Gasteiger partial charge in [0.25, 0.3) is 0 Å². The van der Waals surface area contributed by atoms with E-state index in [-0.39, 0.29) is 0 Å². The lowest BCUT2D eigenvalue weighted by molar-refractivity contribution is 0.337. The molecule has 3 aromatic rings. The minimum atomic E-state index is -3.57. The number of aromatic nitrogens is 4. The van der Waals surface area contributed by atoms with Gasteiger partial charge in [0.2, 0.25) is 10.0 Å². The van der Waals surface area contributed by atoms with Gasteiger partial charge in [-0.15, -0.1) is 0 Å². The normalized spacial score (nSPS) is 15.3. The first-order valence-corrected chi connectivity index (χ1v) is 11.7. The molecule has 0 aliphatic carbocycles. The molecule has 0 N–H and O–H groups in total. The van der Waals surface area contributed by atoms with Crippen LogP contribution in [0.2, 0.25) is 0 Å². The molecule has 0 amide bonds. The van der Waals surface area contributed by atoms with Crippen molar-refractivity contribution in [2.75, 3.05) is 37.7 Å². The van der Waals surface area contributed by atoms with Crippen LogP contribution in [0, 0.1) is 13.8 Å². The number of ether oxygens (including phenoxy) is 1. The van der Waals surface area contributed by atoms with Crippen LogP contribution in [-0.2, 0) is 10.0 Å². The summed E-state index contributed by atoms with van der Waals surface area (Å²) in [7, 11) is -3.57. The van der Waals surface area contributed by atoms with Crippen molar-refractivity contribution < 1.29 is 13.2 Å². The number of sulfonamides is 1. The Morgan fingerprint density at radius 1 is 1.00 bits per heavy atom. The molecule has 3 heterocycles. The maximum Gasteiger partial charge on any atom is 0.243 e. The SMILES string of the molecule is CCOc1ccc(S(=O)(=O)N2CCN(c3cc(-n4ccc(C)n4)ncn3)CC2)cc1C. The third kappa shape index (κ3) is 4.40. The molecule has 9 nitrogen and oxygen atoms in total. The summed E-state index contributed by atoms with van der Waals surface area (Å²) < 4.78 is 35.0. The van der Waals surface area contributed by atoms with Gasteiger partial charge in [-0.1, -0.05) is 0 Å². The molecule has 1 saturated heterocycles. The molecule has 0 spiro atoms. The first-order valence-electron chi connectivity index (χ1n) is 10.2. The van der Waals surface area contributed by atoms with Gasteiger partial charge in [-0.25, -0.2) is 23.1 Å². The van der Waals surface area contributed by atoms with Crippen molar-refractivity contribution in [1.82, 2.24) is 24.1 Å². The van der Waals surface area contributed by atoms with Crippen LogP contribution in [0.25, 0.3) is 5.82 Å². The van der Waals surface area contributed by atoms with Crippen LogP contribution >= 0.6 is 0 Å². The Morgan fingerprint density at radius 2 is 1.74 bits per heavy atom. The molecule has 0 radical (unpaired) electrons. The zero-order chi connectivity index (χ0) is 22.0. The summed E-state index contributed by atoms with van der Waals surface area (Å²) in [4.78, 5) is 11.0. The topological polar surface area (TPSA) is 93.5 Å². The number of rotatable bonds is 6. The first-order chi connectivity index (χ1) is 14.9. The molecule has 4 rings (SSSR count). The van der Waals surface area contributed by atoms with Crippen molar-refractivity contribution in [3.05, 3.63) is 54.1 Å². The van der Waals surface area contributed by atoms with Crippen LogP contribution in [0.5, 0.6) is 5.75 Å². The van der Waals surface area contributed by atoms with Crippen LogP contribution in [0.1, 0.15) is 18.2 Å². The summed E-state index contributed by atoms with van der Waals surface area (Å²) in [6.45, 7) is 8.08. The van der Waals surface area contributed by atoms with Gasteiger partial charge in [0.05, 0.1) is 17.2 Å². The number of hydrogen-bond donors (Lipinski definition) is 0. The van der Waals surface area contributed by atoms with Crippen molar-refractivity contribution >= 4 is 15.8 Å². The molecule has 2 aromatic heterocycles. The molecule has 10 heteroatoms. The second-order valence-corrected chi connectivity index (χ2v) is 9.33. The van der Waals surface area contributed by atoms with Gasteiger partial charge in [-0.3, -0.25) is 0 Å². The highest BCUT2D eigenvalue weighted by atomic mass is 32.2. The molecule has 1 aromatic carbocycles. The molecule has 1 fully saturated rings. The van der Waals surface area contributed by atoms with E-state index in [1.807, 2.05) is 39.1 Å². The average Bonchev–Trinajstić information content (AvgIpc) is 3.22. The third-order valence-electron chi connectivity index (χ3n) is 5.24. The standard InChI is InChI=1S/C21H26N6O3S/c1-4-30-19-6-5-18(13-16(19)2)31(28,29)26-11-9-25(10-12-26)20-14-21(23-15-22-20)27-8-7-17(3)24-27/h5-8,13-15H,4,9-12H2,1-3H3. The van der Waals surface area contributed by atoms with E-state index in [0.717, 1.165) is 17.1 Å². The van der Waals surface area contributed by atoms with Gasteiger partial charge in [0, 0.05) is 38.4 Å². The minimum Gasteiger partial charge on any atom is -0.494 e. The Labute approximate surface area is 182 Å². The Bertz CT molecular complexity index is 1170. The Balaban J connectivity index is 1.47. The van der Waals surface area contributed by atoms with Crippen molar-refractivity contribution in [3.63, 3.8) is 0 Å². The van der Waals surface area contributed by atoms with E-state index in [1.54, 1.807) is 22.9 Å². The van der Waals surface area contributed by atoms with Crippen molar-refractivity contribution in [2.24, 2.45) is 0 Å². The number of nitrogens with zero attached hydrogens (tertiary/aromatic N) is 6. The fourth-order valence-electron chi connectivity index (χ4n) is 3.58. The number of benzene rings is 1. The highest BCUT2D eigenvalue weighted by Crippen LogP contribution is 2.25. The summed E-state index contributed by atoms with van der Waals surface area (Å²) >= 11 is 0. The Hall–Kier alpha value is -2.98. The molecule has 1 aliphatic heterocycles. The van der Waals surface area contributed by atoms with Gasteiger partial charge in [-0.05, 0) is 50.6 Å². The quantitative estimate of drug-likeness (QED) is 0.578. The summed E-state index contributed by atoms with van der Waals surface area (Å²) in [6.07, 6.45) is 3.36. The molecule has 0 saturated carbocycles. The van der Waals surface area contributed by atoms with Crippen LogP contribution in [0.3, 0.4) is 0 Å². The Morgan fingerprint density at radius 3 is 2.39 bits per heavy atom. The van der Waals surface area contributed by atoms with Gasteiger partial charge >= 0.3 is 0 Å². The van der Waals surface area contributed by atoms with E-state index in [2.05, 4.69) is 20.0 Å². The molecule has 164 valence electrons. The molecule has 1 aliphatic rings. The third-order valence-corrected chi connectivity index (χ3v) is 7.14. The monoisotopic (exact) mass is 442 g/mol. The van der Waals surface area contributed by atoms with Crippen LogP contribution in [0.15, 0.2) is 47.8 Å². The molecular formula is C21H26N6O3S. The number of anilines is 1. The minimum absolute atomic E-state index is 0.292. The van der Waals surface area contributed by atoms with Crippen molar-refractivity contribution in [1.29, 1.82) is 0 Å². The summed E-state index contributed by atoms with van der Waals surface area (Å²) in [5, 5.41) is 4.38. The lowest BCUT2D eigenvalue weighted by Crippen LogP contribution is -2.49. The van der Waals surface area contributed by atoms with E-state index >= 15 is 0 Å². The van der Waals surface area contributed by atoms with Gasteiger partial charge < -0.3 is 9.64 Å². The number of aryl methyl sites for hydroxylation is 2. The summed E-state index contributed by atoms with van der Waals surface area (Å²) in [5.41, 5.74) is 1.72. The smallest absolute Gasteiger partial charge is 0.243 e. The molecule has 0 bridgehead atoms. The second kappa shape index (κ2) is 8.64. The second-order valence-electron chi connectivity index (χ2n) is 7.39. The van der Waals surface area contributed by atoms with Crippen LogP contribution in [0.4, 0.5) is 5.82 Å². The van der Waals surface area contributed by atoms with E-state index in [0.29, 0.717) is 49.2 Å². The van der Waals surface area contributed by atoms with Crippen LogP contribution in [-0.4, -0.2) is 65.3 Å². The lowest BCUT2D eigenvalue weighted by Gasteiger charge is -2.34. The zero-order valence-electron chi connectivity index (χ0n) is 17.9. The molecule has 31 heavy (non-hydrogen) atoms. The zero-order valence-corrected chi connectivity index (χ0v) is 18.7. The maximum atomic E-state index is 13.1. The fraction of sp³-hybridized carbons (Fsp3) is 0.381. The fourth-order valence-corrected chi connectivity index (χ4v) is 5.09. The maximum absolute atomic E-state index is 13.1. The highest BCUT2D eigenvalue weighted by Gasteiger charge is 2.29. The molecule has 0 atom stereocenters. The summed E-state index contributed by atoms with van der Waals surface area (Å²) in [5.74, 6) is 2.14. The van der Waals surface area contributed by atoms with Crippen molar-refractivity contribution in [3.8, 4) is 11.6 Å². The van der Waals surface area contributed by atoms with Gasteiger partial charge in [0.15, 0.2) is 5.82 Å². The van der Waals surface area contributed by atoms with E-state index in [1.165, 1.54) is 10.6 Å². The van der Waals surface area contributed by atoms with Gasteiger partial charge in [0.1, 0.15) is 17.9 Å². The lowest BCUT2D eigenvalue weighted by atomic mass is 10.2.